The molecule has 1 aliphatic rings. The Labute approximate surface area is 102 Å². The Morgan fingerprint density at radius 3 is 3.24 bits per heavy atom. The number of anilines is 1. The molecule has 1 aromatic heterocycles. The van der Waals surface area contributed by atoms with E-state index in [-0.39, 0.29) is 0 Å². The van der Waals surface area contributed by atoms with E-state index in [1.54, 1.807) is 6.07 Å². The maximum absolute atomic E-state index is 8.84. The largest absolute Gasteiger partial charge is 0.377 e. The molecule has 1 unspecified atom stereocenters. The second-order valence-electron chi connectivity index (χ2n) is 4.16. The second kappa shape index (κ2) is 5.65. The van der Waals surface area contributed by atoms with E-state index in [0.717, 1.165) is 38.4 Å². The average Bonchev–Trinajstić information content (AvgIpc) is 2.40. The minimum atomic E-state index is 0.293. The number of rotatable bonds is 3. The van der Waals surface area contributed by atoms with Crippen LogP contribution >= 0.6 is 0 Å². The van der Waals surface area contributed by atoms with Crippen LogP contribution < -0.4 is 4.90 Å². The van der Waals surface area contributed by atoms with Gasteiger partial charge in [0.1, 0.15) is 17.6 Å². The molecule has 0 N–H and O–H groups in total. The molecule has 1 atom stereocenters. The number of hydrogen-bond acceptors (Lipinski definition) is 4. The number of nitrogens with zero attached hydrogens (tertiary/aromatic N) is 3. The third kappa shape index (κ3) is 2.95. The number of hydrogen-bond donors (Lipinski definition) is 0. The summed E-state index contributed by atoms with van der Waals surface area (Å²) < 4.78 is 5.66. The number of pyridine rings is 1. The smallest absolute Gasteiger partial charge is 0.142 e. The van der Waals surface area contributed by atoms with E-state index in [4.69, 9.17) is 10.00 Å². The third-order valence-electron chi connectivity index (χ3n) is 2.95. The van der Waals surface area contributed by atoms with Crippen molar-refractivity contribution >= 4 is 5.82 Å². The van der Waals surface area contributed by atoms with Gasteiger partial charge in [0, 0.05) is 19.7 Å². The fourth-order valence-corrected chi connectivity index (χ4v) is 2.18. The zero-order chi connectivity index (χ0) is 12.1. The molecule has 1 aliphatic heterocycles. The maximum atomic E-state index is 8.84. The number of ether oxygens (including phenoxy) is 1. The van der Waals surface area contributed by atoms with Gasteiger partial charge in [-0.15, -0.1) is 0 Å². The summed E-state index contributed by atoms with van der Waals surface area (Å²) in [6.45, 7) is 4.64. The summed E-state index contributed by atoms with van der Waals surface area (Å²) in [7, 11) is 0. The lowest BCUT2D eigenvalue weighted by atomic mass is 10.1. The average molecular weight is 231 g/mol. The van der Waals surface area contributed by atoms with Gasteiger partial charge in [-0.1, -0.05) is 6.07 Å². The van der Waals surface area contributed by atoms with E-state index < -0.39 is 0 Å². The molecule has 2 rings (SSSR count). The fraction of sp³-hybridized carbons (Fsp3) is 0.538. The summed E-state index contributed by atoms with van der Waals surface area (Å²) in [6, 6.07) is 7.64. The maximum Gasteiger partial charge on any atom is 0.142 e. The highest BCUT2D eigenvalue weighted by atomic mass is 16.5. The van der Waals surface area contributed by atoms with Crippen LogP contribution in [0.2, 0.25) is 0 Å². The SMILES string of the molecule is CCOC1CCCN(c2cccc(C#N)n2)C1. The van der Waals surface area contributed by atoms with E-state index in [1.807, 2.05) is 19.1 Å². The van der Waals surface area contributed by atoms with Crippen LogP contribution in [0.15, 0.2) is 18.2 Å². The van der Waals surface area contributed by atoms with Crippen LogP contribution in [0.25, 0.3) is 0 Å². The molecule has 0 aliphatic carbocycles. The molecule has 4 heteroatoms. The lowest BCUT2D eigenvalue weighted by Gasteiger charge is -2.33. The minimum Gasteiger partial charge on any atom is -0.377 e. The van der Waals surface area contributed by atoms with Gasteiger partial charge < -0.3 is 9.64 Å². The van der Waals surface area contributed by atoms with Crippen molar-refractivity contribution in [3.63, 3.8) is 0 Å². The second-order valence-corrected chi connectivity index (χ2v) is 4.16. The first-order valence-electron chi connectivity index (χ1n) is 6.07. The first-order valence-corrected chi connectivity index (χ1v) is 6.07. The van der Waals surface area contributed by atoms with Gasteiger partial charge in [-0.05, 0) is 31.9 Å². The summed E-state index contributed by atoms with van der Waals surface area (Å²) in [4.78, 5) is 6.52. The van der Waals surface area contributed by atoms with Crippen LogP contribution in [-0.2, 0) is 4.74 Å². The van der Waals surface area contributed by atoms with Gasteiger partial charge in [0.2, 0.25) is 0 Å². The van der Waals surface area contributed by atoms with Crippen molar-refractivity contribution in [2.45, 2.75) is 25.9 Å². The Morgan fingerprint density at radius 1 is 1.59 bits per heavy atom. The van der Waals surface area contributed by atoms with Crippen LogP contribution in [0.1, 0.15) is 25.5 Å². The number of piperidine rings is 1. The predicted octanol–water partition coefficient (Wildman–Crippen LogP) is 1.96. The summed E-state index contributed by atoms with van der Waals surface area (Å²) in [5.74, 6) is 0.883. The highest BCUT2D eigenvalue weighted by Crippen LogP contribution is 2.19. The van der Waals surface area contributed by atoms with Crippen LogP contribution in [0.5, 0.6) is 0 Å². The van der Waals surface area contributed by atoms with E-state index in [1.165, 1.54) is 0 Å². The molecule has 1 saturated heterocycles. The molecule has 0 saturated carbocycles. The highest BCUT2D eigenvalue weighted by molar-refractivity contribution is 5.42. The van der Waals surface area contributed by atoms with Crippen molar-refractivity contribution in [2.75, 3.05) is 24.6 Å². The van der Waals surface area contributed by atoms with Crippen molar-refractivity contribution in [1.29, 1.82) is 5.26 Å². The minimum absolute atomic E-state index is 0.293. The standard InChI is InChI=1S/C13H17N3O/c1-2-17-12-6-4-8-16(10-12)13-7-3-5-11(9-14)15-13/h3,5,7,12H,2,4,6,8,10H2,1H3. The molecule has 1 aromatic rings. The Morgan fingerprint density at radius 2 is 2.47 bits per heavy atom. The summed E-state index contributed by atoms with van der Waals surface area (Å²) in [5.41, 5.74) is 0.473. The van der Waals surface area contributed by atoms with Gasteiger partial charge in [-0.3, -0.25) is 0 Å². The zero-order valence-electron chi connectivity index (χ0n) is 10.1. The van der Waals surface area contributed by atoms with Gasteiger partial charge in [0.05, 0.1) is 6.10 Å². The highest BCUT2D eigenvalue weighted by Gasteiger charge is 2.20. The van der Waals surface area contributed by atoms with Crippen molar-refractivity contribution < 1.29 is 4.74 Å². The third-order valence-corrected chi connectivity index (χ3v) is 2.95. The van der Waals surface area contributed by atoms with Crippen molar-refractivity contribution in [1.82, 2.24) is 4.98 Å². The molecule has 0 spiro atoms. The summed E-state index contributed by atoms with van der Waals surface area (Å²) in [6.07, 6.45) is 2.52. The molecule has 90 valence electrons. The van der Waals surface area contributed by atoms with Crippen LogP contribution in [-0.4, -0.2) is 30.8 Å². The Hall–Kier alpha value is -1.60. The summed E-state index contributed by atoms with van der Waals surface area (Å²) >= 11 is 0. The molecule has 0 amide bonds. The molecule has 0 bridgehead atoms. The quantitative estimate of drug-likeness (QED) is 0.798. The normalized spacial score (nSPS) is 20.0. The molecular weight excluding hydrogens is 214 g/mol. The number of aromatic nitrogens is 1. The van der Waals surface area contributed by atoms with E-state index in [2.05, 4.69) is 16.0 Å². The Balaban J connectivity index is 2.08. The molecular formula is C13H17N3O. The van der Waals surface area contributed by atoms with E-state index in [0.29, 0.717) is 11.8 Å². The van der Waals surface area contributed by atoms with Gasteiger partial charge in [0.15, 0.2) is 0 Å². The van der Waals surface area contributed by atoms with Gasteiger partial charge in [-0.25, -0.2) is 4.98 Å². The fourth-order valence-electron chi connectivity index (χ4n) is 2.18. The van der Waals surface area contributed by atoms with Crippen molar-refractivity contribution in [2.24, 2.45) is 0 Å². The molecule has 17 heavy (non-hydrogen) atoms. The van der Waals surface area contributed by atoms with Crippen LogP contribution in [0, 0.1) is 11.3 Å². The molecule has 1 fully saturated rings. The lowest BCUT2D eigenvalue weighted by Crippen LogP contribution is -2.40. The van der Waals surface area contributed by atoms with Gasteiger partial charge in [0.25, 0.3) is 0 Å². The zero-order valence-corrected chi connectivity index (χ0v) is 10.1. The lowest BCUT2D eigenvalue weighted by molar-refractivity contribution is 0.0525. The van der Waals surface area contributed by atoms with Crippen LogP contribution in [0.4, 0.5) is 5.82 Å². The predicted molar refractivity (Wildman–Crippen MR) is 65.8 cm³/mol. The van der Waals surface area contributed by atoms with Gasteiger partial charge in [-0.2, -0.15) is 5.26 Å². The molecule has 4 nitrogen and oxygen atoms in total. The van der Waals surface area contributed by atoms with E-state index in [9.17, 15) is 0 Å². The van der Waals surface area contributed by atoms with Crippen molar-refractivity contribution in [3.05, 3.63) is 23.9 Å². The Kier molecular flexibility index (Phi) is 3.94. The molecule has 0 radical (unpaired) electrons. The molecule has 2 heterocycles. The summed E-state index contributed by atoms with van der Waals surface area (Å²) in [5, 5.41) is 8.84. The molecule has 0 aromatic carbocycles. The monoisotopic (exact) mass is 231 g/mol. The first kappa shape index (κ1) is 11.9. The first-order chi connectivity index (χ1) is 8.33. The topological polar surface area (TPSA) is 49.1 Å². The van der Waals surface area contributed by atoms with Crippen LogP contribution in [0.3, 0.4) is 0 Å². The Bertz CT molecular complexity index is 411. The van der Waals surface area contributed by atoms with Crippen molar-refractivity contribution in [3.8, 4) is 6.07 Å². The number of nitriles is 1. The van der Waals surface area contributed by atoms with E-state index >= 15 is 0 Å². The van der Waals surface area contributed by atoms with Gasteiger partial charge >= 0.3 is 0 Å².